The van der Waals surface area contributed by atoms with Crippen LogP contribution in [0.3, 0.4) is 0 Å². The molecule has 0 amide bonds. The fraction of sp³-hybridized carbons (Fsp3) is 0.348. The van der Waals surface area contributed by atoms with Crippen molar-refractivity contribution >= 4 is 15.8 Å². The zero-order valence-corrected chi connectivity index (χ0v) is 18.5. The van der Waals surface area contributed by atoms with Crippen molar-refractivity contribution in [2.24, 2.45) is 0 Å². The van der Waals surface area contributed by atoms with Crippen LogP contribution in [-0.4, -0.2) is 47.4 Å². The number of hydrogen-bond acceptors (Lipinski definition) is 7. The number of fused-ring (bicyclic) bond motifs is 2. The molecule has 4 heterocycles. The third-order valence-corrected chi connectivity index (χ3v) is 7.34. The van der Waals surface area contributed by atoms with E-state index < -0.39 is 9.84 Å². The highest BCUT2D eigenvalue weighted by Gasteiger charge is 2.42. The molecule has 2 aliphatic heterocycles. The summed E-state index contributed by atoms with van der Waals surface area (Å²) in [6, 6.07) is 12.0. The zero-order chi connectivity index (χ0) is 22.3. The Morgan fingerprint density at radius 3 is 2.25 bits per heavy atom. The molecule has 3 aromatic rings. The van der Waals surface area contributed by atoms with E-state index >= 15 is 0 Å². The third kappa shape index (κ3) is 4.00. The van der Waals surface area contributed by atoms with Crippen molar-refractivity contribution in [3.8, 4) is 11.4 Å². The number of aromatic nitrogens is 3. The molecule has 2 aliphatic rings. The van der Waals surface area contributed by atoms with Crippen molar-refractivity contribution in [3.05, 3.63) is 71.4 Å². The van der Waals surface area contributed by atoms with Crippen LogP contribution in [0.15, 0.2) is 70.7 Å². The Bertz CT molecular complexity index is 1260. The molecule has 8 nitrogen and oxygen atoms in total. The molecular formula is C23H24N4O4S. The van der Waals surface area contributed by atoms with Gasteiger partial charge in [0.05, 0.1) is 4.90 Å². The van der Waals surface area contributed by atoms with Gasteiger partial charge in [0.2, 0.25) is 5.95 Å². The first-order valence-corrected chi connectivity index (χ1v) is 12.5. The van der Waals surface area contributed by atoms with Crippen molar-refractivity contribution in [2.75, 3.05) is 11.2 Å². The maximum atomic E-state index is 12.7. The minimum absolute atomic E-state index is 0.0387. The Kier molecular flexibility index (Phi) is 5.21. The van der Waals surface area contributed by atoms with Crippen LogP contribution in [0.4, 0.5) is 5.95 Å². The number of ether oxygens (including phenoxy) is 1. The number of anilines is 1. The Morgan fingerprint density at radius 1 is 1.00 bits per heavy atom. The van der Waals surface area contributed by atoms with E-state index in [1.165, 1.54) is 22.8 Å². The largest absolute Gasteiger partial charge is 0.490 e. The summed E-state index contributed by atoms with van der Waals surface area (Å²) in [6.45, 7) is 0. The highest BCUT2D eigenvalue weighted by atomic mass is 32.2. The summed E-state index contributed by atoms with van der Waals surface area (Å²) in [6.07, 6.45) is 10.3. The average Bonchev–Trinajstić information content (AvgIpc) is 3.04. The first-order chi connectivity index (χ1) is 15.4. The molecule has 1 aromatic carbocycles. The second-order valence-corrected chi connectivity index (χ2v) is 10.4. The molecule has 0 radical (unpaired) electrons. The van der Waals surface area contributed by atoms with E-state index in [0.29, 0.717) is 23.5 Å². The molecule has 2 aromatic heterocycles. The van der Waals surface area contributed by atoms with Gasteiger partial charge in [0.1, 0.15) is 11.9 Å². The quantitative estimate of drug-likeness (QED) is 0.587. The smallest absolute Gasteiger partial charge is 0.258 e. The SMILES string of the molecule is CS(=O)(=O)c1ccc(-n2ccc(OC3CC4CCC(C3)N4c3ncccn3)cc2=O)cc1. The minimum atomic E-state index is -3.28. The van der Waals surface area contributed by atoms with E-state index in [-0.39, 0.29) is 16.6 Å². The molecule has 32 heavy (non-hydrogen) atoms. The number of pyridine rings is 1. The number of rotatable bonds is 5. The molecule has 2 unspecified atom stereocenters. The van der Waals surface area contributed by atoms with Crippen LogP contribution in [0, 0.1) is 0 Å². The Hall–Kier alpha value is -3.20. The lowest BCUT2D eigenvalue weighted by atomic mass is 10.00. The monoisotopic (exact) mass is 452 g/mol. The highest BCUT2D eigenvalue weighted by molar-refractivity contribution is 7.90. The van der Waals surface area contributed by atoms with E-state index in [1.807, 2.05) is 6.07 Å². The van der Waals surface area contributed by atoms with Gasteiger partial charge in [-0.05, 0) is 49.2 Å². The maximum absolute atomic E-state index is 12.7. The van der Waals surface area contributed by atoms with Gasteiger partial charge in [-0.2, -0.15) is 0 Å². The van der Waals surface area contributed by atoms with Crippen molar-refractivity contribution in [3.63, 3.8) is 0 Å². The first-order valence-electron chi connectivity index (χ1n) is 10.6. The van der Waals surface area contributed by atoms with Gasteiger partial charge >= 0.3 is 0 Å². The standard InChI is InChI=1S/C23H24N4O4S/c1-32(29,30)21-7-5-16(6-8-21)26-12-9-19(15-22(26)28)31-20-13-17-3-4-18(14-20)27(17)23-24-10-2-11-25-23/h2,5-12,15,17-18,20H,3-4,13-14H2,1H3. The summed E-state index contributed by atoms with van der Waals surface area (Å²) >= 11 is 0. The van der Waals surface area contributed by atoms with Crippen molar-refractivity contribution < 1.29 is 13.2 Å². The summed E-state index contributed by atoms with van der Waals surface area (Å²) < 4.78 is 30.9. The summed E-state index contributed by atoms with van der Waals surface area (Å²) in [7, 11) is -3.28. The number of piperidine rings is 1. The molecule has 2 atom stereocenters. The van der Waals surface area contributed by atoms with Crippen LogP contribution >= 0.6 is 0 Å². The van der Waals surface area contributed by atoms with E-state index in [4.69, 9.17) is 4.74 Å². The van der Waals surface area contributed by atoms with Crippen LogP contribution in [0.2, 0.25) is 0 Å². The Balaban J connectivity index is 1.29. The summed E-state index contributed by atoms with van der Waals surface area (Å²) in [5, 5.41) is 0. The Labute approximate surface area is 186 Å². The second kappa shape index (κ2) is 8.05. The summed E-state index contributed by atoms with van der Waals surface area (Å²) in [5.74, 6) is 1.33. The summed E-state index contributed by atoms with van der Waals surface area (Å²) in [4.78, 5) is 24.1. The van der Waals surface area contributed by atoms with Crippen molar-refractivity contribution in [1.29, 1.82) is 0 Å². The molecule has 2 fully saturated rings. The molecule has 5 rings (SSSR count). The minimum Gasteiger partial charge on any atom is -0.490 e. The molecule has 2 bridgehead atoms. The lowest BCUT2D eigenvalue weighted by molar-refractivity contribution is 0.149. The second-order valence-electron chi connectivity index (χ2n) is 8.39. The van der Waals surface area contributed by atoms with E-state index in [2.05, 4.69) is 14.9 Å². The van der Waals surface area contributed by atoms with Gasteiger partial charge in [0, 0.05) is 61.5 Å². The average molecular weight is 453 g/mol. The van der Waals surface area contributed by atoms with Crippen LogP contribution < -0.4 is 15.2 Å². The molecule has 0 spiro atoms. The van der Waals surface area contributed by atoms with Gasteiger partial charge in [-0.25, -0.2) is 18.4 Å². The molecule has 0 N–H and O–H groups in total. The number of nitrogens with zero attached hydrogens (tertiary/aromatic N) is 4. The Morgan fingerprint density at radius 2 is 1.66 bits per heavy atom. The highest BCUT2D eigenvalue weighted by Crippen LogP contribution is 2.38. The fourth-order valence-corrected chi connectivity index (χ4v) is 5.40. The van der Waals surface area contributed by atoms with Crippen LogP contribution in [0.5, 0.6) is 5.75 Å². The number of benzene rings is 1. The van der Waals surface area contributed by atoms with Gasteiger partial charge < -0.3 is 9.64 Å². The predicted molar refractivity (Wildman–Crippen MR) is 120 cm³/mol. The lowest BCUT2D eigenvalue weighted by Gasteiger charge is -2.38. The number of sulfone groups is 1. The normalized spacial score (nSPS) is 22.7. The van der Waals surface area contributed by atoms with E-state index in [0.717, 1.165) is 37.9 Å². The molecule has 2 saturated heterocycles. The molecule has 0 saturated carbocycles. The predicted octanol–water partition coefficient (Wildman–Crippen LogP) is 2.61. The van der Waals surface area contributed by atoms with Gasteiger partial charge in [-0.3, -0.25) is 9.36 Å². The molecule has 0 aliphatic carbocycles. The number of hydrogen-bond donors (Lipinski definition) is 0. The van der Waals surface area contributed by atoms with Crippen molar-refractivity contribution in [2.45, 2.75) is 48.8 Å². The first kappa shape index (κ1) is 20.7. The van der Waals surface area contributed by atoms with E-state index in [1.54, 1.807) is 36.8 Å². The fourth-order valence-electron chi connectivity index (χ4n) is 4.77. The topological polar surface area (TPSA) is 94.4 Å². The maximum Gasteiger partial charge on any atom is 0.258 e. The third-order valence-electron chi connectivity index (χ3n) is 6.21. The van der Waals surface area contributed by atoms with Gasteiger partial charge in [0.15, 0.2) is 9.84 Å². The van der Waals surface area contributed by atoms with Gasteiger partial charge in [0.25, 0.3) is 5.56 Å². The molecule has 9 heteroatoms. The van der Waals surface area contributed by atoms with E-state index in [9.17, 15) is 13.2 Å². The lowest BCUT2D eigenvalue weighted by Crippen LogP contribution is -2.47. The van der Waals surface area contributed by atoms with Crippen molar-refractivity contribution in [1.82, 2.24) is 14.5 Å². The molecule has 166 valence electrons. The summed E-state index contributed by atoms with van der Waals surface area (Å²) in [5.41, 5.74) is 0.371. The zero-order valence-electron chi connectivity index (χ0n) is 17.7. The van der Waals surface area contributed by atoms with Crippen LogP contribution in [-0.2, 0) is 9.84 Å². The van der Waals surface area contributed by atoms with Crippen LogP contribution in [0.25, 0.3) is 5.69 Å². The van der Waals surface area contributed by atoms with Gasteiger partial charge in [-0.15, -0.1) is 0 Å². The van der Waals surface area contributed by atoms with Crippen LogP contribution in [0.1, 0.15) is 25.7 Å². The molecular weight excluding hydrogens is 428 g/mol. The van der Waals surface area contributed by atoms with Gasteiger partial charge in [-0.1, -0.05) is 0 Å².